The summed E-state index contributed by atoms with van der Waals surface area (Å²) < 4.78 is 12.2. The van der Waals surface area contributed by atoms with Gasteiger partial charge in [0.05, 0.1) is 31.0 Å². The summed E-state index contributed by atoms with van der Waals surface area (Å²) in [5.74, 6) is 1.75. The second-order valence-corrected chi connectivity index (χ2v) is 6.02. The Morgan fingerprint density at radius 3 is 2.54 bits per heavy atom. The molecule has 8 heteroatoms. The van der Waals surface area contributed by atoms with Crippen LogP contribution in [0.25, 0.3) is 6.08 Å². The molecule has 0 radical (unpaired) electrons. The van der Waals surface area contributed by atoms with Crippen molar-refractivity contribution in [2.24, 2.45) is 12.0 Å². The maximum Gasteiger partial charge on any atom is 0.289 e. The van der Waals surface area contributed by atoms with Crippen molar-refractivity contribution in [2.75, 3.05) is 14.2 Å². The van der Waals surface area contributed by atoms with Gasteiger partial charge in [0.2, 0.25) is 0 Å². The van der Waals surface area contributed by atoms with E-state index in [1.54, 1.807) is 43.3 Å². The highest BCUT2D eigenvalue weighted by Gasteiger charge is 2.23. The number of ether oxygens (including phenoxy) is 2. The fourth-order valence-electron chi connectivity index (χ4n) is 2.16. The van der Waals surface area contributed by atoms with Gasteiger partial charge in [0.25, 0.3) is 5.24 Å². The van der Waals surface area contributed by atoms with E-state index in [1.165, 1.54) is 0 Å². The van der Waals surface area contributed by atoms with Crippen LogP contribution in [0.3, 0.4) is 0 Å². The predicted octanol–water partition coefficient (Wildman–Crippen LogP) is 2.96. The van der Waals surface area contributed by atoms with Crippen LogP contribution in [0.2, 0.25) is 0 Å². The number of carbonyl (C=O) groups excluding carboxylic acids is 1. The summed E-state index contributed by atoms with van der Waals surface area (Å²) in [4.78, 5) is 17.0. The number of amides is 1. The molecule has 124 valence electrons. The second kappa shape index (κ2) is 6.79. The Labute approximate surface area is 143 Å². The molecule has 1 aliphatic rings. The van der Waals surface area contributed by atoms with E-state index in [-0.39, 0.29) is 5.24 Å². The van der Waals surface area contributed by atoms with Crippen molar-refractivity contribution >= 4 is 34.6 Å². The van der Waals surface area contributed by atoms with Crippen LogP contribution in [0.1, 0.15) is 5.56 Å². The number of nitrogens with one attached hydrogen (secondary N) is 1. The Balaban J connectivity index is 1.98. The van der Waals surface area contributed by atoms with E-state index in [0.717, 1.165) is 22.2 Å². The van der Waals surface area contributed by atoms with Crippen LogP contribution in [0.15, 0.2) is 40.5 Å². The number of aromatic nitrogens is 2. The van der Waals surface area contributed by atoms with Gasteiger partial charge in [-0.1, -0.05) is 0 Å². The van der Waals surface area contributed by atoms with E-state index in [9.17, 15) is 4.79 Å². The minimum absolute atomic E-state index is 0.168. The zero-order chi connectivity index (χ0) is 17.1. The lowest BCUT2D eigenvalue weighted by Crippen LogP contribution is -2.18. The van der Waals surface area contributed by atoms with E-state index in [2.05, 4.69) is 15.4 Å². The fourth-order valence-corrected chi connectivity index (χ4v) is 2.90. The molecule has 1 N–H and O–H groups in total. The Kier molecular flexibility index (Phi) is 4.57. The van der Waals surface area contributed by atoms with Gasteiger partial charge in [-0.15, -0.1) is 0 Å². The standard InChI is InChI=1S/C16H16N4O3S/c1-20-9-10(8-17-20)4-14-15(19-16(21)24-14)18-11-5-12(22-2)7-13(6-11)23-3/h4-9H,1-3H3,(H,18,19,21)/b14-4-. The summed E-state index contributed by atoms with van der Waals surface area (Å²) in [5, 5.41) is 6.70. The molecule has 0 saturated carbocycles. The third-order valence-electron chi connectivity index (χ3n) is 3.26. The molecule has 24 heavy (non-hydrogen) atoms. The normalized spacial score (nSPS) is 17.4. The molecule has 1 aromatic heterocycles. The average molecular weight is 344 g/mol. The quantitative estimate of drug-likeness (QED) is 0.922. The molecule has 0 unspecified atom stereocenters. The molecule has 0 atom stereocenters. The van der Waals surface area contributed by atoms with E-state index in [1.807, 2.05) is 19.3 Å². The molecular formula is C16H16N4O3S. The Hall–Kier alpha value is -2.74. The molecule has 1 saturated heterocycles. The number of methoxy groups -OCH3 is 2. The number of aryl methyl sites for hydroxylation is 1. The predicted molar refractivity (Wildman–Crippen MR) is 93.9 cm³/mol. The summed E-state index contributed by atoms with van der Waals surface area (Å²) in [5.41, 5.74) is 1.52. The number of carbonyl (C=O) groups is 1. The fraction of sp³-hybridized carbons (Fsp3) is 0.188. The molecule has 0 bridgehead atoms. The van der Waals surface area contributed by atoms with Crippen LogP contribution >= 0.6 is 11.8 Å². The smallest absolute Gasteiger partial charge is 0.289 e. The molecule has 1 aliphatic heterocycles. The first kappa shape index (κ1) is 16.1. The monoisotopic (exact) mass is 344 g/mol. The van der Waals surface area contributed by atoms with Crippen LogP contribution in [0.5, 0.6) is 11.5 Å². The first-order valence-corrected chi connectivity index (χ1v) is 7.90. The third kappa shape index (κ3) is 3.60. The third-order valence-corrected chi connectivity index (χ3v) is 4.07. The molecule has 7 nitrogen and oxygen atoms in total. The lowest BCUT2D eigenvalue weighted by atomic mass is 10.2. The summed E-state index contributed by atoms with van der Waals surface area (Å²) >= 11 is 1.10. The van der Waals surface area contributed by atoms with Gasteiger partial charge in [-0.2, -0.15) is 5.10 Å². The van der Waals surface area contributed by atoms with Crippen molar-refractivity contribution in [2.45, 2.75) is 0 Å². The van der Waals surface area contributed by atoms with Gasteiger partial charge in [0, 0.05) is 37.0 Å². The highest BCUT2D eigenvalue weighted by atomic mass is 32.2. The molecular weight excluding hydrogens is 328 g/mol. The van der Waals surface area contributed by atoms with E-state index >= 15 is 0 Å². The van der Waals surface area contributed by atoms with Crippen LogP contribution in [0.4, 0.5) is 10.5 Å². The Bertz CT molecular complexity index is 819. The zero-order valence-electron chi connectivity index (χ0n) is 13.4. The van der Waals surface area contributed by atoms with Crippen molar-refractivity contribution < 1.29 is 14.3 Å². The number of rotatable bonds is 4. The summed E-state index contributed by atoms with van der Waals surface area (Å²) in [6.07, 6.45) is 5.46. The number of aliphatic imine (C=N–C) groups is 1. The highest BCUT2D eigenvalue weighted by Crippen LogP contribution is 2.31. The van der Waals surface area contributed by atoms with Crippen LogP contribution in [0, 0.1) is 0 Å². The van der Waals surface area contributed by atoms with Gasteiger partial charge in [-0.05, 0) is 17.8 Å². The minimum atomic E-state index is -0.168. The van der Waals surface area contributed by atoms with Gasteiger partial charge in [-0.25, -0.2) is 4.99 Å². The molecule has 0 spiro atoms. The number of nitrogens with zero attached hydrogens (tertiary/aromatic N) is 3. The summed E-state index contributed by atoms with van der Waals surface area (Å²) in [6, 6.07) is 5.30. The minimum Gasteiger partial charge on any atom is -0.497 e. The van der Waals surface area contributed by atoms with Gasteiger partial charge in [-0.3, -0.25) is 9.48 Å². The van der Waals surface area contributed by atoms with Crippen molar-refractivity contribution in [3.8, 4) is 11.5 Å². The highest BCUT2D eigenvalue weighted by molar-refractivity contribution is 8.18. The van der Waals surface area contributed by atoms with Gasteiger partial charge in [0.1, 0.15) is 17.3 Å². The van der Waals surface area contributed by atoms with Gasteiger partial charge >= 0.3 is 0 Å². The molecule has 1 amide bonds. The van der Waals surface area contributed by atoms with E-state index < -0.39 is 0 Å². The molecule has 2 aromatic rings. The number of amidine groups is 1. The van der Waals surface area contributed by atoms with Crippen molar-refractivity contribution in [1.29, 1.82) is 0 Å². The Morgan fingerprint density at radius 2 is 1.96 bits per heavy atom. The largest absolute Gasteiger partial charge is 0.497 e. The SMILES string of the molecule is COc1cc(N=C2NC(=O)S/C2=C\c2cnn(C)c2)cc(OC)c1. The van der Waals surface area contributed by atoms with Crippen molar-refractivity contribution in [1.82, 2.24) is 15.1 Å². The first-order chi connectivity index (χ1) is 11.6. The maximum absolute atomic E-state index is 11.8. The van der Waals surface area contributed by atoms with Crippen molar-refractivity contribution in [3.05, 3.63) is 41.1 Å². The molecule has 1 aromatic carbocycles. The summed E-state index contributed by atoms with van der Waals surface area (Å²) in [7, 11) is 4.99. The second-order valence-electron chi connectivity index (χ2n) is 5.00. The van der Waals surface area contributed by atoms with Crippen LogP contribution < -0.4 is 14.8 Å². The van der Waals surface area contributed by atoms with E-state index in [4.69, 9.17) is 9.47 Å². The van der Waals surface area contributed by atoms with Gasteiger partial charge < -0.3 is 14.8 Å². The lowest BCUT2D eigenvalue weighted by Gasteiger charge is -2.06. The van der Waals surface area contributed by atoms with Gasteiger partial charge in [0.15, 0.2) is 0 Å². The van der Waals surface area contributed by atoms with Crippen LogP contribution in [-0.2, 0) is 7.05 Å². The number of hydrogen-bond donors (Lipinski definition) is 1. The molecule has 0 aliphatic carbocycles. The van der Waals surface area contributed by atoms with Crippen LogP contribution in [-0.4, -0.2) is 35.1 Å². The number of thioether (sulfide) groups is 1. The lowest BCUT2D eigenvalue weighted by molar-refractivity contribution is 0.265. The topological polar surface area (TPSA) is 77.7 Å². The first-order valence-electron chi connectivity index (χ1n) is 7.08. The van der Waals surface area contributed by atoms with E-state index in [0.29, 0.717) is 23.0 Å². The Morgan fingerprint density at radius 1 is 1.25 bits per heavy atom. The number of hydrogen-bond acceptors (Lipinski definition) is 6. The maximum atomic E-state index is 11.8. The molecule has 2 heterocycles. The number of benzene rings is 1. The zero-order valence-corrected chi connectivity index (χ0v) is 14.3. The molecule has 1 fully saturated rings. The summed E-state index contributed by atoms with van der Waals surface area (Å²) in [6.45, 7) is 0. The molecule has 3 rings (SSSR count). The average Bonchev–Trinajstić information content (AvgIpc) is 3.12. The van der Waals surface area contributed by atoms with Crippen molar-refractivity contribution in [3.63, 3.8) is 0 Å².